The number of aliphatic hydroxyl groups is 1. The third kappa shape index (κ3) is 3.55. The van der Waals surface area contributed by atoms with Gasteiger partial charge in [-0.15, -0.1) is 35.0 Å². The number of carbonyl (C=O) groups excluding carboxylic acids is 1. The first-order valence-corrected chi connectivity index (χ1v) is 12.4. The van der Waals surface area contributed by atoms with Gasteiger partial charge in [-0.3, -0.25) is 9.78 Å². The molecule has 3 aromatic rings. The summed E-state index contributed by atoms with van der Waals surface area (Å²) in [6.07, 6.45) is 5.69. The van der Waals surface area contributed by atoms with Crippen LogP contribution in [0, 0.1) is 6.07 Å². The maximum absolute atomic E-state index is 10.0. The molecular weight excluding hydrogens is 555 g/mol. The van der Waals surface area contributed by atoms with Crippen molar-refractivity contribution in [2.45, 2.75) is 26.9 Å². The first-order valence-electron chi connectivity index (χ1n) is 9.35. The minimum absolute atomic E-state index is 0. The summed E-state index contributed by atoms with van der Waals surface area (Å²) < 4.78 is 0. The molecule has 1 aliphatic carbocycles. The molecule has 0 unspecified atom stereocenters. The van der Waals surface area contributed by atoms with E-state index in [1.807, 2.05) is 6.07 Å². The van der Waals surface area contributed by atoms with Crippen LogP contribution >= 0.6 is 0 Å². The molecule has 1 aliphatic heterocycles. The van der Waals surface area contributed by atoms with Gasteiger partial charge < -0.3 is 5.11 Å². The van der Waals surface area contributed by atoms with Gasteiger partial charge in [0, 0.05) is 31.6 Å². The molecule has 1 aromatic heterocycles. The van der Waals surface area contributed by atoms with Gasteiger partial charge in [-0.25, -0.2) is 0 Å². The van der Waals surface area contributed by atoms with E-state index in [-0.39, 0.29) is 31.6 Å². The van der Waals surface area contributed by atoms with Crippen molar-refractivity contribution in [3.63, 3.8) is 0 Å². The van der Waals surface area contributed by atoms with E-state index in [0.29, 0.717) is 0 Å². The molecule has 0 spiro atoms. The van der Waals surface area contributed by atoms with Crippen LogP contribution in [0.25, 0.3) is 34.3 Å². The van der Waals surface area contributed by atoms with Crippen LogP contribution in [-0.4, -0.2) is 23.9 Å². The number of hydrogen-bond acceptors (Lipinski definition) is 3. The number of aliphatic hydroxyl groups excluding tert-OH is 1. The van der Waals surface area contributed by atoms with Gasteiger partial charge in [-0.05, 0) is 36.7 Å². The van der Waals surface area contributed by atoms with Crippen molar-refractivity contribution in [3.8, 4) is 11.3 Å². The maximum atomic E-state index is 10.0. The zero-order valence-electron chi connectivity index (χ0n) is 16.8. The maximum Gasteiger partial charge on any atom is 0.155 e. The van der Waals surface area contributed by atoms with Crippen LogP contribution in [0.3, 0.4) is 0 Å². The van der Waals surface area contributed by atoms with Gasteiger partial charge in [0.1, 0.15) is 0 Å². The monoisotopic (exact) mass is 577 g/mol. The van der Waals surface area contributed by atoms with Gasteiger partial charge in [0.2, 0.25) is 0 Å². The minimum atomic E-state index is -1.68. The predicted molar refractivity (Wildman–Crippen MR) is 119 cm³/mol. The second-order valence-corrected chi connectivity index (χ2v) is 12.1. The molecule has 0 amide bonds. The van der Waals surface area contributed by atoms with Crippen LogP contribution in [0.4, 0.5) is 0 Å². The molecule has 0 atom stereocenters. The Bertz CT molecular complexity index is 1190. The number of allylic oxidation sites excluding steroid dienone is 2. The number of rotatable bonds is 1. The van der Waals surface area contributed by atoms with E-state index in [9.17, 15) is 4.79 Å². The number of carbonyl (C=O) groups is 1. The summed E-state index contributed by atoms with van der Waals surface area (Å²) in [5.41, 5.74) is 6.23. The van der Waals surface area contributed by atoms with E-state index in [4.69, 9.17) is 10.1 Å². The summed E-state index contributed by atoms with van der Waals surface area (Å²) in [6, 6.07) is 16.3. The summed E-state index contributed by atoms with van der Waals surface area (Å²) >= 11 is 0. The van der Waals surface area contributed by atoms with Crippen molar-refractivity contribution in [1.29, 1.82) is 0 Å². The summed E-state index contributed by atoms with van der Waals surface area (Å²) in [4.78, 5) is 15.0. The van der Waals surface area contributed by atoms with Crippen LogP contribution < -0.4 is 10.4 Å². The molecule has 2 aromatic carbocycles. The van der Waals surface area contributed by atoms with Crippen molar-refractivity contribution in [3.05, 3.63) is 65.4 Å². The Morgan fingerprint density at radius 3 is 2.55 bits per heavy atom. The first kappa shape index (κ1) is 21.4. The molecule has 149 valence electrons. The Hall–Kier alpha value is -2.33. The van der Waals surface area contributed by atoms with E-state index in [2.05, 4.69) is 61.6 Å². The van der Waals surface area contributed by atoms with Crippen molar-refractivity contribution >= 4 is 47.3 Å². The fourth-order valence-corrected chi connectivity index (χ4v) is 7.50. The Morgan fingerprint density at radius 2 is 1.90 bits per heavy atom. The smallest absolute Gasteiger partial charge is 0.155 e. The molecule has 1 radical (unpaired) electrons. The first-order chi connectivity index (χ1) is 13.3. The summed E-state index contributed by atoms with van der Waals surface area (Å²) in [6.45, 7) is 7.72. The average molecular weight is 577 g/mol. The molecule has 2 aliphatic rings. The van der Waals surface area contributed by atoms with Crippen LogP contribution in [-0.2, 0) is 24.9 Å². The molecule has 5 rings (SSSR count). The average Bonchev–Trinajstić information content (AvgIpc) is 3.14. The summed E-state index contributed by atoms with van der Waals surface area (Å²) in [5.74, 6) is -0.0625. The number of ketones is 1. The van der Waals surface area contributed by atoms with Crippen LogP contribution in [0.5, 0.6) is 0 Å². The van der Waals surface area contributed by atoms with Gasteiger partial charge >= 0.3 is 0 Å². The van der Waals surface area contributed by atoms with Crippen molar-refractivity contribution in [2.24, 2.45) is 0 Å². The van der Waals surface area contributed by atoms with E-state index >= 15 is 0 Å². The van der Waals surface area contributed by atoms with E-state index in [1.165, 1.54) is 58.1 Å². The second-order valence-electron chi connectivity index (χ2n) is 7.80. The van der Waals surface area contributed by atoms with Gasteiger partial charge in [0.05, 0.1) is 19.3 Å². The zero-order chi connectivity index (χ0) is 20.1. The molecule has 1 N–H and O–H groups in total. The third-order valence-electron chi connectivity index (χ3n) is 5.32. The van der Waals surface area contributed by atoms with Crippen LogP contribution in [0.2, 0.25) is 13.1 Å². The molecule has 3 nitrogen and oxygen atoms in total. The SMILES string of the molecule is CC(=O)C=C(C)O.C[Si]1(C)c2ccc[c-]c2-c2nc3cccc4c3c(c21)C=C4.[Ir]. The van der Waals surface area contributed by atoms with Gasteiger partial charge in [0.15, 0.2) is 5.78 Å². The topological polar surface area (TPSA) is 50.2 Å². The number of fused-ring (bicyclic) bond motifs is 4. The Balaban J connectivity index is 0.000000263. The largest absolute Gasteiger partial charge is 0.512 e. The van der Waals surface area contributed by atoms with Gasteiger partial charge in [-0.2, -0.15) is 0 Å². The molecule has 0 fully saturated rings. The van der Waals surface area contributed by atoms with Crippen molar-refractivity contribution < 1.29 is 30.0 Å². The Labute approximate surface area is 185 Å². The fraction of sp³-hybridized carbons (Fsp3) is 0.167. The normalized spacial score (nSPS) is 14.6. The van der Waals surface area contributed by atoms with Gasteiger partial charge in [0.25, 0.3) is 0 Å². The predicted octanol–water partition coefficient (Wildman–Crippen LogP) is 4.36. The fourth-order valence-electron chi connectivity index (χ4n) is 4.25. The number of hydrogen-bond donors (Lipinski definition) is 1. The van der Waals surface area contributed by atoms with Crippen LogP contribution in [0.15, 0.2) is 48.2 Å². The summed E-state index contributed by atoms with van der Waals surface area (Å²) in [7, 11) is -1.68. The Kier molecular flexibility index (Phi) is 5.77. The van der Waals surface area contributed by atoms with E-state index in [0.717, 1.165) is 5.52 Å². The molecule has 0 saturated heterocycles. The molecule has 2 heterocycles. The zero-order valence-corrected chi connectivity index (χ0v) is 20.2. The summed E-state index contributed by atoms with van der Waals surface area (Å²) in [5, 5.41) is 12.7. The number of nitrogens with zero attached hydrogens (tertiary/aromatic N) is 1. The number of aromatic nitrogens is 1. The Morgan fingerprint density at radius 1 is 1.14 bits per heavy atom. The minimum Gasteiger partial charge on any atom is -0.512 e. The standard InChI is InChI=1S/C19H14NSi.C5H8O2.Ir/c1-21(2)16-9-4-3-7-13(16)18-19(21)14-11-10-12-6-5-8-15(20-18)17(12)14;1-4(6)3-5(2)7;/h3-6,8-11H,1-2H3;3,6H,1-2H3;/q-1;;. The quantitative estimate of drug-likeness (QED) is 0.159. The molecule has 29 heavy (non-hydrogen) atoms. The van der Waals surface area contributed by atoms with Crippen LogP contribution in [0.1, 0.15) is 25.0 Å². The van der Waals surface area contributed by atoms with Gasteiger partial charge in [-0.1, -0.05) is 42.6 Å². The second kappa shape index (κ2) is 7.83. The molecular formula is C24H22IrNO2Si-. The number of benzene rings is 2. The van der Waals surface area contributed by atoms with E-state index < -0.39 is 8.07 Å². The molecule has 0 saturated carbocycles. The third-order valence-corrected chi connectivity index (χ3v) is 8.83. The van der Waals surface area contributed by atoms with E-state index in [1.54, 1.807) is 0 Å². The van der Waals surface area contributed by atoms with Crippen molar-refractivity contribution in [2.75, 3.05) is 0 Å². The van der Waals surface area contributed by atoms with Crippen molar-refractivity contribution in [1.82, 2.24) is 4.98 Å². The molecule has 5 heteroatoms. The molecule has 0 bridgehead atoms. The number of pyridine rings is 1.